The Morgan fingerprint density at radius 2 is 1.67 bits per heavy atom. The Bertz CT molecular complexity index is 1240. The smallest absolute Gasteiger partial charge is 0.321 e. The highest BCUT2D eigenvalue weighted by Crippen LogP contribution is 2.30. The molecule has 0 unspecified atom stereocenters. The van der Waals surface area contributed by atoms with Crippen LogP contribution in [0.25, 0.3) is 5.69 Å². The molecule has 2 aromatic carbocycles. The summed E-state index contributed by atoms with van der Waals surface area (Å²) in [5.74, 6) is -0.898. The van der Waals surface area contributed by atoms with Crippen molar-refractivity contribution in [2.24, 2.45) is 0 Å². The Labute approximate surface area is 188 Å². The van der Waals surface area contributed by atoms with Gasteiger partial charge in [-0.05, 0) is 54.6 Å². The highest BCUT2D eigenvalue weighted by molar-refractivity contribution is 7.98. The van der Waals surface area contributed by atoms with Gasteiger partial charge in [0, 0.05) is 23.8 Å². The first kappa shape index (κ1) is 22.4. The van der Waals surface area contributed by atoms with Crippen LogP contribution in [0, 0.1) is 5.82 Å². The lowest BCUT2D eigenvalue weighted by molar-refractivity contribution is -0.137. The van der Waals surface area contributed by atoms with Crippen LogP contribution in [0.2, 0.25) is 0 Å². The lowest BCUT2D eigenvalue weighted by atomic mass is 10.2. The fourth-order valence-corrected chi connectivity index (χ4v) is 3.62. The van der Waals surface area contributed by atoms with E-state index in [4.69, 9.17) is 0 Å². The van der Waals surface area contributed by atoms with Crippen molar-refractivity contribution in [3.05, 3.63) is 89.8 Å². The SMILES string of the molecule is O=C(Nc1ccc(C(F)(F)F)cc1)c1nnn(-c2ccc(F)cc2)c1CSc1ncccn1. The van der Waals surface area contributed by atoms with Crippen LogP contribution in [-0.4, -0.2) is 30.9 Å². The molecule has 168 valence electrons. The number of anilines is 1. The lowest BCUT2D eigenvalue weighted by Crippen LogP contribution is -2.15. The molecule has 0 aliphatic heterocycles. The van der Waals surface area contributed by atoms with Crippen LogP contribution >= 0.6 is 11.8 Å². The number of hydrogen-bond donors (Lipinski definition) is 1. The third-order valence-electron chi connectivity index (χ3n) is 4.40. The molecule has 1 N–H and O–H groups in total. The molecule has 4 aromatic rings. The lowest BCUT2D eigenvalue weighted by Gasteiger charge is -2.10. The molecule has 0 atom stereocenters. The van der Waals surface area contributed by atoms with E-state index in [0.717, 1.165) is 24.3 Å². The van der Waals surface area contributed by atoms with Gasteiger partial charge < -0.3 is 5.32 Å². The quantitative estimate of drug-likeness (QED) is 0.246. The molecular weight excluding hydrogens is 460 g/mol. The zero-order valence-electron chi connectivity index (χ0n) is 16.6. The number of carbonyl (C=O) groups excluding carboxylic acids is 1. The van der Waals surface area contributed by atoms with E-state index in [1.165, 1.54) is 40.7 Å². The molecule has 0 radical (unpaired) electrons. The van der Waals surface area contributed by atoms with Gasteiger partial charge in [0.25, 0.3) is 5.91 Å². The summed E-state index contributed by atoms with van der Waals surface area (Å²) in [6.45, 7) is 0. The van der Waals surface area contributed by atoms with Crippen LogP contribution in [0.4, 0.5) is 23.2 Å². The number of thioether (sulfide) groups is 1. The highest BCUT2D eigenvalue weighted by atomic mass is 32.2. The molecule has 33 heavy (non-hydrogen) atoms. The van der Waals surface area contributed by atoms with Gasteiger partial charge in [0.15, 0.2) is 10.9 Å². The molecule has 12 heteroatoms. The number of nitrogens with zero attached hydrogens (tertiary/aromatic N) is 5. The second-order valence-corrected chi connectivity index (χ2v) is 7.56. The minimum absolute atomic E-state index is 0.0392. The molecule has 0 aliphatic rings. The number of hydrogen-bond acceptors (Lipinski definition) is 6. The maximum absolute atomic E-state index is 13.3. The zero-order valence-corrected chi connectivity index (χ0v) is 17.4. The van der Waals surface area contributed by atoms with E-state index in [-0.39, 0.29) is 17.1 Å². The monoisotopic (exact) mass is 474 g/mol. The summed E-state index contributed by atoms with van der Waals surface area (Å²) >= 11 is 1.23. The predicted molar refractivity (Wildman–Crippen MR) is 112 cm³/mol. The van der Waals surface area contributed by atoms with Crippen molar-refractivity contribution >= 4 is 23.4 Å². The Hall–Kier alpha value is -3.80. The fraction of sp³-hybridized carbons (Fsp3) is 0.0952. The number of alkyl halides is 3. The van der Waals surface area contributed by atoms with E-state index >= 15 is 0 Å². The minimum Gasteiger partial charge on any atom is -0.321 e. The van der Waals surface area contributed by atoms with E-state index in [1.807, 2.05) is 0 Å². The van der Waals surface area contributed by atoms with Gasteiger partial charge in [0.05, 0.1) is 16.9 Å². The number of aromatic nitrogens is 5. The number of amides is 1. The molecule has 0 fully saturated rings. The molecule has 0 saturated carbocycles. The van der Waals surface area contributed by atoms with Gasteiger partial charge in [-0.2, -0.15) is 13.2 Å². The Kier molecular flexibility index (Phi) is 6.36. The molecular formula is C21H14F4N6OS. The van der Waals surface area contributed by atoms with E-state index < -0.39 is 23.5 Å². The normalized spacial score (nSPS) is 11.4. The molecule has 1 amide bonds. The van der Waals surface area contributed by atoms with E-state index in [0.29, 0.717) is 16.5 Å². The molecule has 7 nitrogen and oxygen atoms in total. The third kappa shape index (κ3) is 5.34. The van der Waals surface area contributed by atoms with Gasteiger partial charge in [0.1, 0.15) is 5.82 Å². The maximum atomic E-state index is 13.3. The van der Waals surface area contributed by atoms with Gasteiger partial charge in [-0.25, -0.2) is 19.0 Å². The molecule has 4 rings (SSSR count). The third-order valence-corrected chi connectivity index (χ3v) is 5.29. The molecule has 0 spiro atoms. The van der Waals surface area contributed by atoms with E-state index in [2.05, 4.69) is 25.6 Å². The van der Waals surface area contributed by atoms with Gasteiger partial charge in [-0.15, -0.1) is 5.10 Å². The second kappa shape index (κ2) is 9.36. The first-order valence-corrected chi connectivity index (χ1v) is 10.4. The van der Waals surface area contributed by atoms with Crippen LogP contribution in [0.5, 0.6) is 0 Å². The van der Waals surface area contributed by atoms with Crippen LogP contribution in [0.3, 0.4) is 0 Å². The number of nitrogens with one attached hydrogen (secondary N) is 1. The van der Waals surface area contributed by atoms with Crippen LogP contribution in [0.1, 0.15) is 21.7 Å². The largest absolute Gasteiger partial charge is 0.416 e. The average Bonchev–Trinajstić information content (AvgIpc) is 3.23. The summed E-state index contributed by atoms with van der Waals surface area (Å²) in [5.41, 5.74) is 0.144. The zero-order chi connectivity index (χ0) is 23.4. The van der Waals surface area contributed by atoms with Gasteiger partial charge in [-0.1, -0.05) is 17.0 Å². The topological polar surface area (TPSA) is 85.6 Å². The molecule has 0 bridgehead atoms. The van der Waals surface area contributed by atoms with Gasteiger partial charge in [-0.3, -0.25) is 4.79 Å². The first-order valence-electron chi connectivity index (χ1n) is 9.40. The number of halogens is 4. The number of benzene rings is 2. The van der Waals surface area contributed by atoms with Crippen LogP contribution in [0.15, 0.2) is 72.1 Å². The second-order valence-electron chi connectivity index (χ2n) is 6.62. The average molecular weight is 474 g/mol. The van der Waals surface area contributed by atoms with Crippen molar-refractivity contribution in [2.45, 2.75) is 17.1 Å². The summed E-state index contributed by atoms with van der Waals surface area (Å²) in [4.78, 5) is 21.1. The Morgan fingerprint density at radius 3 is 2.30 bits per heavy atom. The maximum Gasteiger partial charge on any atom is 0.416 e. The fourth-order valence-electron chi connectivity index (χ4n) is 2.82. The minimum atomic E-state index is -4.48. The Balaban J connectivity index is 1.62. The van der Waals surface area contributed by atoms with Gasteiger partial charge in [0.2, 0.25) is 0 Å². The summed E-state index contributed by atoms with van der Waals surface area (Å²) in [5, 5.41) is 11.0. The van der Waals surface area contributed by atoms with Crippen molar-refractivity contribution in [1.29, 1.82) is 0 Å². The van der Waals surface area contributed by atoms with Crippen molar-refractivity contribution in [2.75, 3.05) is 5.32 Å². The van der Waals surface area contributed by atoms with Gasteiger partial charge >= 0.3 is 6.18 Å². The number of carbonyl (C=O) groups is 1. The van der Waals surface area contributed by atoms with Crippen molar-refractivity contribution in [1.82, 2.24) is 25.0 Å². The van der Waals surface area contributed by atoms with Crippen LogP contribution < -0.4 is 5.32 Å². The van der Waals surface area contributed by atoms with Crippen molar-refractivity contribution in [3.63, 3.8) is 0 Å². The molecule has 0 aliphatic carbocycles. The van der Waals surface area contributed by atoms with Crippen LogP contribution in [-0.2, 0) is 11.9 Å². The summed E-state index contributed by atoms with van der Waals surface area (Å²) in [6.07, 6.45) is -1.34. The highest BCUT2D eigenvalue weighted by Gasteiger charge is 2.30. The number of rotatable bonds is 6. The predicted octanol–water partition coefficient (Wildman–Crippen LogP) is 4.76. The summed E-state index contributed by atoms with van der Waals surface area (Å²) in [6, 6.07) is 11.2. The van der Waals surface area contributed by atoms with Crippen molar-refractivity contribution in [3.8, 4) is 5.69 Å². The van der Waals surface area contributed by atoms with E-state index in [9.17, 15) is 22.4 Å². The van der Waals surface area contributed by atoms with Crippen molar-refractivity contribution < 1.29 is 22.4 Å². The molecule has 0 saturated heterocycles. The first-order chi connectivity index (χ1) is 15.8. The molecule has 2 aromatic heterocycles. The summed E-state index contributed by atoms with van der Waals surface area (Å²) in [7, 11) is 0. The molecule has 2 heterocycles. The Morgan fingerprint density at radius 1 is 1.00 bits per heavy atom. The summed E-state index contributed by atoms with van der Waals surface area (Å²) < 4.78 is 53.0. The van der Waals surface area contributed by atoms with E-state index in [1.54, 1.807) is 18.5 Å². The standard InChI is InChI=1S/C21H14F4N6OS/c22-14-4-8-16(9-5-14)31-17(12-33-20-26-10-1-11-27-20)18(29-30-31)19(32)28-15-6-2-13(3-7-15)21(23,24)25/h1-11H,12H2,(H,28,32).